The van der Waals surface area contributed by atoms with Gasteiger partial charge in [0.15, 0.2) is 0 Å². The summed E-state index contributed by atoms with van der Waals surface area (Å²) in [7, 11) is 0. The van der Waals surface area contributed by atoms with E-state index in [2.05, 4.69) is 19.9 Å². The molecule has 2 aliphatic rings. The third-order valence-corrected chi connectivity index (χ3v) is 3.72. The summed E-state index contributed by atoms with van der Waals surface area (Å²) in [6, 6.07) is 0. The number of carbonyl (C=O) groups is 1. The molecule has 2 bridgehead atoms. The van der Waals surface area contributed by atoms with E-state index in [-0.39, 0.29) is 0 Å². The number of hydrogen-bond acceptors (Lipinski definition) is 1. The number of aldehydes is 1. The van der Waals surface area contributed by atoms with E-state index < -0.39 is 0 Å². The van der Waals surface area contributed by atoms with Gasteiger partial charge in [-0.3, -0.25) is 0 Å². The van der Waals surface area contributed by atoms with Crippen molar-refractivity contribution in [3.63, 3.8) is 0 Å². The van der Waals surface area contributed by atoms with Crippen molar-refractivity contribution in [2.24, 2.45) is 17.3 Å². The van der Waals surface area contributed by atoms with Crippen LogP contribution >= 0.6 is 0 Å². The minimum absolute atomic E-state index is 0.498. The summed E-state index contributed by atoms with van der Waals surface area (Å²) in [4.78, 5) is 10.3. The Kier molecular flexibility index (Phi) is 2.05. The zero-order chi connectivity index (χ0) is 9.47. The number of carbonyl (C=O) groups excluding carboxylic acids is 1. The van der Waals surface area contributed by atoms with Crippen LogP contribution in [0, 0.1) is 17.3 Å². The van der Waals surface area contributed by atoms with E-state index in [0.29, 0.717) is 11.8 Å². The van der Waals surface area contributed by atoms with Gasteiger partial charge in [-0.1, -0.05) is 25.5 Å². The molecule has 1 fully saturated rings. The molecule has 1 nitrogen and oxygen atoms in total. The minimum Gasteiger partial charge on any atom is -0.303 e. The van der Waals surface area contributed by atoms with Crippen molar-refractivity contribution < 1.29 is 4.79 Å². The Labute approximate surface area is 80.2 Å². The van der Waals surface area contributed by atoms with E-state index in [1.165, 1.54) is 12.8 Å². The summed E-state index contributed by atoms with van der Waals surface area (Å²) in [5.41, 5.74) is 2.06. The molecule has 0 radical (unpaired) electrons. The smallest absolute Gasteiger partial charge is 0.120 e. The van der Waals surface area contributed by atoms with E-state index in [1.807, 2.05) is 0 Å². The molecule has 2 unspecified atom stereocenters. The molecular formula is C12H18O. The van der Waals surface area contributed by atoms with E-state index >= 15 is 0 Å². The van der Waals surface area contributed by atoms with E-state index in [9.17, 15) is 4.79 Å². The van der Waals surface area contributed by atoms with E-state index in [4.69, 9.17) is 0 Å². The maximum absolute atomic E-state index is 10.3. The van der Waals surface area contributed by atoms with Crippen molar-refractivity contribution in [2.75, 3.05) is 0 Å². The second-order valence-corrected chi connectivity index (χ2v) is 5.19. The SMILES string of the molecule is CC1(C)CC2C=C(CCC=O)C1C2. The molecule has 0 saturated heterocycles. The van der Waals surface area contributed by atoms with Gasteiger partial charge < -0.3 is 4.79 Å². The summed E-state index contributed by atoms with van der Waals surface area (Å²) in [5.74, 6) is 1.60. The first kappa shape index (κ1) is 8.98. The molecular weight excluding hydrogens is 160 g/mol. The van der Waals surface area contributed by atoms with Crippen LogP contribution in [0.5, 0.6) is 0 Å². The first-order valence-electron chi connectivity index (χ1n) is 5.28. The first-order chi connectivity index (χ1) is 6.13. The van der Waals surface area contributed by atoms with Crippen LogP contribution in [0.3, 0.4) is 0 Å². The number of allylic oxidation sites excluding steroid dienone is 2. The molecule has 0 N–H and O–H groups in total. The Hall–Kier alpha value is -0.590. The highest BCUT2D eigenvalue weighted by atomic mass is 16.1. The summed E-state index contributed by atoms with van der Waals surface area (Å²) in [6.45, 7) is 4.73. The Bertz CT molecular complexity index is 250. The fourth-order valence-electron chi connectivity index (χ4n) is 3.21. The third kappa shape index (κ3) is 1.45. The van der Waals surface area contributed by atoms with Gasteiger partial charge in [0, 0.05) is 6.42 Å². The molecule has 0 amide bonds. The normalized spacial score (nSPS) is 34.8. The van der Waals surface area contributed by atoms with Gasteiger partial charge in [-0.05, 0) is 36.5 Å². The third-order valence-electron chi connectivity index (χ3n) is 3.72. The summed E-state index contributed by atoms with van der Waals surface area (Å²) in [6.07, 6.45) is 7.89. The van der Waals surface area contributed by atoms with Gasteiger partial charge >= 0.3 is 0 Å². The Morgan fingerprint density at radius 1 is 1.62 bits per heavy atom. The van der Waals surface area contributed by atoms with E-state index in [0.717, 1.165) is 24.5 Å². The number of hydrogen-bond donors (Lipinski definition) is 0. The fourth-order valence-corrected chi connectivity index (χ4v) is 3.21. The maximum atomic E-state index is 10.3. The lowest BCUT2D eigenvalue weighted by Crippen LogP contribution is -2.20. The Morgan fingerprint density at radius 2 is 2.38 bits per heavy atom. The van der Waals surface area contributed by atoms with E-state index in [1.54, 1.807) is 5.57 Å². The van der Waals surface area contributed by atoms with Crippen LogP contribution in [0.25, 0.3) is 0 Å². The largest absolute Gasteiger partial charge is 0.303 e. The molecule has 0 spiro atoms. The van der Waals surface area contributed by atoms with Crippen LogP contribution in [0.4, 0.5) is 0 Å². The summed E-state index contributed by atoms with van der Waals surface area (Å²) < 4.78 is 0. The monoisotopic (exact) mass is 178 g/mol. The molecule has 2 aliphatic carbocycles. The lowest BCUT2D eigenvalue weighted by molar-refractivity contribution is -0.107. The molecule has 72 valence electrons. The standard InChI is InChI=1S/C12H18O/c1-12(2)8-9-6-10(4-3-5-13)11(12)7-9/h5-6,9,11H,3-4,7-8H2,1-2H3. The van der Waals surface area contributed by atoms with Crippen molar-refractivity contribution in [3.05, 3.63) is 11.6 Å². The minimum atomic E-state index is 0.498. The quantitative estimate of drug-likeness (QED) is 0.479. The highest BCUT2D eigenvalue weighted by Crippen LogP contribution is 2.55. The Balaban J connectivity index is 2.07. The predicted molar refractivity (Wildman–Crippen MR) is 53.4 cm³/mol. The Morgan fingerprint density at radius 3 is 2.92 bits per heavy atom. The molecule has 1 saturated carbocycles. The molecule has 0 aromatic heterocycles. The van der Waals surface area contributed by atoms with Gasteiger partial charge in [-0.2, -0.15) is 0 Å². The topological polar surface area (TPSA) is 17.1 Å². The lowest BCUT2D eigenvalue weighted by Gasteiger charge is -2.30. The average molecular weight is 178 g/mol. The van der Waals surface area contributed by atoms with Crippen LogP contribution in [-0.2, 0) is 4.79 Å². The van der Waals surface area contributed by atoms with Crippen molar-refractivity contribution in [3.8, 4) is 0 Å². The molecule has 2 atom stereocenters. The zero-order valence-corrected chi connectivity index (χ0v) is 8.55. The predicted octanol–water partition coefficient (Wildman–Crippen LogP) is 2.96. The van der Waals surface area contributed by atoms with Gasteiger partial charge in [-0.15, -0.1) is 0 Å². The second kappa shape index (κ2) is 2.97. The first-order valence-corrected chi connectivity index (χ1v) is 5.28. The van der Waals surface area contributed by atoms with Crippen LogP contribution in [0.1, 0.15) is 39.5 Å². The molecule has 0 aromatic carbocycles. The zero-order valence-electron chi connectivity index (χ0n) is 8.55. The highest BCUT2D eigenvalue weighted by molar-refractivity contribution is 5.50. The molecule has 2 rings (SSSR count). The van der Waals surface area contributed by atoms with Crippen LogP contribution in [-0.4, -0.2) is 6.29 Å². The summed E-state index contributed by atoms with van der Waals surface area (Å²) in [5, 5.41) is 0. The highest BCUT2D eigenvalue weighted by Gasteiger charge is 2.45. The lowest BCUT2D eigenvalue weighted by atomic mass is 9.74. The van der Waals surface area contributed by atoms with Gasteiger partial charge in [0.05, 0.1) is 0 Å². The fraction of sp³-hybridized carbons (Fsp3) is 0.750. The molecule has 0 heterocycles. The van der Waals surface area contributed by atoms with Gasteiger partial charge in [0.25, 0.3) is 0 Å². The van der Waals surface area contributed by atoms with Gasteiger partial charge in [0.1, 0.15) is 6.29 Å². The molecule has 0 aromatic rings. The molecule has 13 heavy (non-hydrogen) atoms. The van der Waals surface area contributed by atoms with Crippen LogP contribution in [0.2, 0.25) is 0 Å². The molecule has 1 heteroatoms. The number of fused-ring (bicyclic) bond motifs is 2. The summed E-state index contributed by atoms with van der Waals surface area (Å²) >= 11 is 0. The van der Waals surface area contributed by atoms with Crippen LogP contribution < -0.4 is 0 Å². The van der Waals surface area contributed by atoms with Gasteiger partial charge in [-0.25, -0.2) is 0 Å². The second-order valence-electron chi connectivity index (χ2n) is 5.19. The average Bonchev–Trinajstić information content (AvgIpc) is 2.55. The van der Waals surface area contributed by atoms with Crippen molar-refractivity contribution in [1.82, 2.24) is 0 Å². The van der Waals surface area contributed by atoms with Gasteiger partial charge in [0.2, 0.25) is 0 Å². The molecule has 0 aliphatic heterocycles. The van der Waals surface area contributed by atoms with Crippen molar-refractivity contribution >= 4 is 6.29 Å². The van der Waals surface area contributed by atoms with Crippen molar-refractivity contribution in [1.29, 1.82) is 0 Å². The maximum Gasteiger partial charge on any atom is 0.120 e. The number of rotatable bonds is 3. The van der Waals surface area contributed by atoms with Crippen molar-refractivity contribution in [2.45, 2.75) is 39.5 Å². The van der Waals surface area contributed by atoms with Crippen LogP contribution in [0.15, 0.2) is 11.6 Å².